The number of nitrogens with zero attached hydrogens (tertiary/aromatic N) is 2. The Hall–Kier alpha value is -3.27. The number of carbonyl (C=O) groups excluding carboxylic acids is 2. The minimum atomic E-state index is -3.21. The Bertz CT molecular complexity index is 1170. The maximum absolute atomic E-state index is 14.0. The van der Waals surface area contributed by atoms with E-state index in [4.69, 9.17) is 4.74 Å². The van der Waals surface area contributed by atoms with Crippen molar-refractivity contribution in [2.24, 2.45) is 5.10 Å². The number of sulfone groups is 1. The number of para-hydroxylation sites is 1. The van der Waals surface area contributed by atoms with Crippen LogP contribution in [0.15, 0.2) is 59.7 Å². The largest absolute Gasteiger partial charge is 0.488 e. The van der Waals surface area contributed by atoms with Crippen LogP contribution < -0.4 is 10.1 Å². The maximum Gasteiger partial charge on any atom is 0.268 e. The van der Waals surface area contributed by atoms with Crippen LogP contribution in [-0.2, 0) is 19.4 Å². The average Bonchev–Trinajstić information content (AvgIpc) is 3.17. The second-order valence-corrected chi connectivity index (χ2v) is 10.2. The topological polar surface area (TPSA) is 105 Å². The first-order valence-electron chi connectivity index (χ1n) is 10.7. The number of rotatable bonds is 7. The lowest BCUT2D eigenvalue weighted by Gasteiger charge is -2.28. The first-order valence-corrected chi connectivity index (χ1v) is 12.5. The molecule has 174 valence electrons. The fraction of sp³-hybridized carbons (Fsp3) is 0.348. The van der Waals surface area contributed by atoms with Gasteiger partial charge in [0, 0.05) is 12.8 Å². The molecule has 1 N–H and O–H groups in total. The SMILES string of the molecule is O=C(N[C@@H](COc1ccccc1F)c1ccccc1)C1=NN([C@H]2CCS(=O)(=O)C2)C(=O)CC1. The van der Waals surface area contributed by atoms with Gasteiger partial charge >= 0.3 is 0 Å². The summed E-state index contributed by atoms with van der Waals surface area (Å²) >= 11 is 0. The van der Waals surface area contributed by atoms with Crippen LogP contribution in [0, 0.1) is 5.82 Å². The van der Waals surface area contributed by atoms with Crippen molar-refractivity contribution in [3.8, 4) is 5.75 Å². The van der Waals surface area contributed by atoms with Gasteiger partial charge in [-0.05, 0) is 24.1 Å². The van der Waals surface area contributed by atoms with E-state index < -0.39 is 33.6 Å². The summed E-state index contributed by atoms with van der Waals surface area (Å²) in [5.41, 5.74) is 0.902. The number of nitrogens with one attached hydrogen (secondary N) is 1. The van der Waals surface area contributed by atoms with Crippen molar-refractivity contribution < 1.29 is 27.1 Å². The maximum atomic E-state index is 14.0. The van der Waals surface area contributed by atoms with E-state index in [1.807, 2.05) is 30.3 Å². The number of halogens is 1. The molecule has 0 spiro atoms. The highest BCUT2D eigenvalue weighted by molar-refractivity contribution is 7.91. The van der Waals surface area contributed by atoms with Crippen molar-refractivity contribution in [2.75, 3.05) is 18.1 Å². The third kappa shape index (κ3) is 5.57. The summed E-state index contributed by atoms with van der Waals surface area (Å²) < 4.78 is 43.2. The van der Waals surface area contributed by atoms with Gasteiger partial charge in [-0.1, -0.05) is 42.5 Å². The van der Waals surface area contributed by atoms with Crippen LogP contribution >= 0.6 is 0 Å². The van der Waals surface area contributed by atoms with Crippen LogP contribution in [0.3, 0.4) is 0 Å². The molecule has 2 aromatic rings. The van der Waals surface area contributed by atoms with Crippen molar-refractivity contribution >= 4 is 27.4 Å². The Balaban J connectivity index is 1.50. The monoisotopic (exact) mass is 473 g/mol. The predicted octanol–water partition coefficient (Wildman–Crippen LogP) is 2.23. The molecular weight excluding hydrogens is 449 g/mol. The quantitative estimate of drug-likeness (QED) is 0.664. The van der Waals surface area contributed by atoms with Gasteiger partial charge in [-0.2, -0.15) is 5.10 Å². The number of amides is 2. The number of hydrazone groups is 1. The van der Waals surface area contributed by atoms with E-state index in [2.05, 4.69) is 10.4 Å². The molecule has 2 amide bonds. The molecule has 2 heterocycles. The fourth-order valence-electron chi connectivity index (χ4n) is 3.87. The van der Waals surface area contributed by atoms with Crippen LogP contribution in [0.25, 0.3) is 0 Å². The summed E-state index contributed by atoms with van der Waals surface area (Å²) in [7, 11) is -3.21. The first kappa shape index (κ1) is 22.9. The van der Waals surface area contributed by atoms with Gasteiger partial charge in [0.2, 0.25) is 5.91 Å². The molecule has 4 rings (SSSR count). The smallest absolute Gasteiger partial charge is 0.268 e. The van der Waals surface area contributed by atoms with E-state index in [-0.39, 0.29) is 48.3 Å². The second-order valence-electron chi connectivity index (χ2n) is 8.02. The van der Waals surface area contributed by atoms with Gasteiger partial charge in [-0.25, -0.2) is 17.8 Å². The van der Waals surface area contributed by atoms with Gasteiger partial charge < -0.3 is 10.1 Å². The summed E-state index contributed by atoms with van der Waals surface area (Å²) in [5, 5.41) is 8.22. The van der Waals surface area contributed by atoms with Gasteiger partial charge in [0.15, 0.2) is 21.4 Å². The minimum Gasteiger partial charge on any atom is -0.488 e. The summed E-state index contributed by atoms with van der Waals surface area (Å²) in [5.74, 6) is -1.37. The van der Waals surface area contributed by atoms with Gasteiger partial charge in [0.05, 0.1) is 23.6 Å². The molecule has 1 saturated heterocycles. The normalized spacial score (nSPS) is 20.8. The van der Waals surface area contributed by atoms with Crippen molar-refractivity contribution in [3.05, 3.63) is 66.0 Å². The van der Waals surface area contributed by atoms with Crippen molar-refractivity contribution in [1.82, 2.24) is 10.3 Å². The van der Waals surface area contributed by atoms with Crippen molar-refractivity contribution in [3.63, 3.8) is 0 Å². The number of hydrogen-bond acceptors (Lipinski definition) is 6. The van der Waals surface area contributed by atoms with E-state index >= 15 is 0 Å². The molecule has 10 heteroatoms. The molecule has 0 aliphatic carbocycles. The summed E-state index contributed by atoms with van der Waals surface area (Å²) in [6.07, 6.45) is 0.524. The van der Waals surface area contributed by atoms with Crippen LogP contribution in [0.4, 0.5) is 4.39 Å². The van der Waals surface area contributed by atoms with E-state index in [0.717, 1.165) is 10.6 Å². The molecular formula is C23H24FN3O5S. The molecule has 8 nitrogen and oxygen atoms in total. The summed E-state index contributed by atoms with van der Waals surface area (Å²) in [6, 6.07) is 14.0. The van der Waals surface area contributed by atoms with Crippen LogP contribution in [0.2, 0.25) is 0 Å². The van der Waals surface area contributed by atoms with Crippen molar-refractivity contribution in [2.45, 2.75) is 31.3 Å². The lowest BCUT2D eigenvalue weighted by atomic mass is 10.1. The molecule has 0 radical (unpaired) electrons. The zero-order chi connectivity index (χ0) is 23.4. The molecule has 33 heavy (non-hydrogen) atoms. The Morgan fingerprint density at radius 1 is 1.15 bits per heavy atom. The molecule has 0 bridgehead atoms. The van der Waals surface area contributed by atoms with Crippen LogP contribution in [0.5, 0.6) is 5.75 Å². The van der Waals surface area contributed by atoms with Gasteiger partial charge in [-0.3, -0.25) is 9.59 Å². The van der Waals surface area contributed by atoms with E-state index in [1.165, 1.54) is 12.1 Å². The van der Waals surface area contributed by atoms with Crippen LogP contribution in [-0.4, -0.2) is 55.1 Å². The number of benzene rings is 2. The molecule has 0 unspecified atom stereocenters. The molecule has 0 aromatic heterocycles. The van der Waals surface area contributed by atoms with Crippen molar-refractivity contribution in [1.29, 1.82) is 0 Å². The molecule has 1 fully saturated rings. The number of carbonyl (C=O) groups is 2. The molecule has 2 aliphatic heterocycles. The second kappa shape index (κ2) is 9.70. The number of ether oxygens (including phenoxy) is 1. The Kier molecular flexibility index (Phi) is 6.73. The summed E-state index contributed by atoms with van der Waals surface area (Å²) in [6.45, 7) is -0.0204. The van der Waals surface area contributed by atoms with Crippen LogP contribution in [0.1, 0.15) is 30.9 Å². The zero-order valence-corrected chi connectivity index (χ0v) is 18.6. The standard InChI is InChI=1S/C23H24FN3O5S/c24-18-8-4-5-9-21(18)32-14-20(16-6-2-1-3-7-16)25-23(29)19-10-11-22(28)27(26-19)17-12-13-33(30,31)15-17/h1-9,17,20H,10-15H2,(H,25,29)/t17-,20-/m0/s1. The average molecular weight is 474 g/mol. The number of hydrogen-bond donors (Lipinski definition) is 1. The fourth-order valence-corrected chi connectivity index (χ4v) is 5.56. The highest BCUT2D eigenvalue weighted by atomic mass is 32.2. The molecule has 2 aliphatic rings. The van der Waals surface area contributed by atoms with Gasteiger partial charge in [0.25, 0.3) is 5.91 Å². The van der Waals surface area contributed by atoms with E-state index in [0.29, 0.717) is 6.42 Å². The highest BCUT2D eigenvalue weighted by Gasteiger charge is 2.37. The predicted molar refractivity (Wildman–Crippen MR) is 120 cm³/mol. The lowest BCUT2D eigenvalue weighted by molar-refractivity contribution is -0.133. The lowest BCUT2D eigenvalue weighted by Crippen LogP contribution is -2.45. The Morgan fingerprint density at radius 3 is 2.58 bits per heavy atom. The first-order chi connectivity index (χ1) is 15.8. The zero-order valence-electron chi connectivity index (χ0n) is 17.8. The Morgan fingerprint density at radius 2 is 1.88 bits per heavy atom. The third-order valence-electron chi connectivity index (χ3n) is 5.63. The third-order valence-corrected chi connectivity index (χ3v) is 7.38. The molecule has 2 aromatic carbocycles. The van der Waals surface area contributed by atoms with E-state index in [1.54, 1.807) is 12.1 Å². The molecule has 2 atom stereocenters. The summed E-state index contributed by atoms with van der Waals surface area (Å²) in [4.78, 5) is 25.4. The van der Waals surface area contributed by atoms with E-state index in [9.17, 15) is 22.4 Å². The molecule has 0 saturated carbocycles. The van der Waals surface area contributed by atoms with Gasteiger partial charge in [-0.15, -0.1) is 0 Å². The Labute approximate surface area is 191 Å². The minimum absolute atomic E-state index is 0.00195. The van der Waals surface area contributed by atoms with Gasteiger partial charge in [0.1, 0.15) is 12.3 Å². The highest BCUT2D eigenvalue weighted by Crippen LogP contribution is 2.23.